The van der Waals surface area contributed by atoms with Crippen molar-refractivity contribution in [3.05, 3.63) is 41.5 Å². The van der Waals surface area contributed by atoms with Gasteiger partial charge in [-0.25, -0.2) is 21.2 Å². The largest absolute Gasteiger partial charge is 0.271 e. The number of aromatic nitrogens is 2. The molecule has 10 heteroatoms. The molecule has 148 valence electrons. The number of rotatable bonds is 4. The number of sulfonamides is 1. The number of halogens is 1. The summed E-state index contributed by atoms with van der Waals surface area (Å²) < 4.78 is 67.3. The molecule has 0 amide bonds. The molecule has 0 saturated carbocycles. The van der Waals surface area contributed by atoms with Crippen LogP contribution >= 0.6 is 0 Å². The lowest BCUT2D eigenvalue weighted by Crippen LogP contribution is -2.42. The van der Waals surface area contributed by atoms with Crippen LogP contribution in [-0.4, -0.2) is 49.3 Å². The van der Waals surface area contributed by atoms with Crippen LogP contribution in [0.15, 0.2) is 34.1 Å². The van der Waals surface area contributed by atoms with Crippen LogP contribution < -0.4 is 0 Å². The van der Waals surface area contributed by atoms with Gasteiger partial charge in [-0.3, -0.25) is 4.68 Å². The average molecular weight is 416 g/mol. The van der Waals surface area contributed by atoms with E-state index in [0.29, 0.717) is 11.4 Å². The van der Waals surface area contributed by atoms with Crippen molar-refractivity contribution in [1.82, 2.24) is 14.1 Å². The van der Waals surface area contributed by atoms with Crippen molar-refractivity contribution in [3.8, 4) is 0 Å². The van der Waals surface area contributed by atoms with Gasteiger partial charge in [-0.05, 0) is 51.0 Å². The molecule has 2 aromatic rings. The van der Waals surface area contributed by atoms with Gasteiger partial charge in [-0.2, -0.15) is 9.40 Å². The van der Waals surface area contributed by atoms with E-state index in [0.717, 1.165) is 12.1 Å². The quantitative estimate of drug-likeness (QED) is 0.711. The van der Waals surface area contributed by atoms with Gasteiger partial charge in [-0.1, -0.05) is 0 Å². The van der Waals surface area contributed by atoms with Gasteiger partial charge in [0.15, 0.2) is 9.84 Å². The van der Waals surface area contributed by atoms with E-state index < -0.39 is 30.9 Å². The van der Waals surface area contributed by atoms with Crippen LogP contribution in [0.3, 0.4) is 0 Å². The van der Waals surface area contributed by atoms with Crippen molar-refractivity contribution in [1.29, 1.82) is 0 Å². The topological polar surface area (TPSA) is 89.3 Å². The molecule has 0 aliphatic carbocycles. The summed E-state index contributed by atoms with van der Waals surface area (Å²) in [5.41, 5.74) is 0.976. The third-order valence-electron chi connectivity index (χ3n) is 5.02. The van der Waals surface area contributed by atoms with Crippen molar-refractivity contribution in [2.24, 2.45) is 7.05 Å². The number of aryl methyl sites for hydroxylation is 2. The molecular weight excluding hydrogens is 393 g/mol. The van der Waals surface area contributed by atoms with E-state index in [1.165, 1.54) is 21.1 Å². The van der Waals surface area contributed by atoms with E-state index in [4.69, 9.17) is 0 Å². The van der Waals surface area contributed by atoms with Crippen LogP contribution in [0.4, 0.5) is 4.39 Å². The lowest BCUT2D eigenvalue weighted by molar-refractivity contribution is 0.345. The normalized spacial score (nSPS) is 17.3. The van der Waals surface area contributed by atoms with E-state index in [-0.39, 0.29) is 35.7 Å². The Bertz CT molecular complexity index is 1050. The molecule has 1 saturated heterocycles. The first-order valence-corrected chi connectivity index (χ1v) is 11.5. The minimum Gasteiger partial charge on any atom is -0.271 e. The Morgan fingerprint density at radius 3 is 2.07 bits per heavy atom. The first kappa shape index (κ1) is 20.0. The van der Waals surface area contributed by atoms with Crippen molar-refractivity contribution in [2.75, 3.05) is 13.1 Å². The number of piperidine rings is 1. The summed E-state index contributed by atoms with van der Waals surface area (Å²) in [7, 11) is -5.68. The second-order valence-electron chi connectivity index (χ2n) is 6.73. The Labute approximate surface area is 158 Å². The van der Waals surface area contributed by atoms with Gasteiger partial charge in [0, 0.05) is 20.1 Å². The summed E-state index contributed by atoms with van der Waals surface area (Å²) in [4.78, 5) is 0.244. The number of hydrogen-bond acceptors (Lipinski definition) is 5. The predicted octanol–water partition coefficient (Wildman–Crippen LogP) is 1.80. The van der Waals surface area contributed by atoms with E-state index in [1.54, 1.807) is 20.9 Å². The first-order chi connectivity index (χ1) is 12.5. The Kier molecular flexibility index (Phi) is 5.17. The summed E-state index contributed by atoms with van der Waals surface area (Å²) in [6.45, 7) is 3.56. The van der Waals surface area contributed by atoms with Gasteiger partial charge in [0.25, 0.3) is 0 Å². The van der Waals surface area contributed by atoms with Crippen LogP contribution in [0.25, 0.3) is 0 Å². The highest BCUT2D eigenvalue weighted by Gasteiger charge is 2.37. The molecule has 0 bridgehead atoms. The molecule has 1 aliphatic rings. The van der Waals surface area contributed by atoms with Crippen LogP contribution in [0.5, 0.6) is 0 Å². The van der Waals surface area contributed by atoms with Crippen LogP contribution in [0.1, 0.15) is 24.2 Å². The number of benzene rings is 1. The maximum atomic E-state index is 13.1. The van der Waals surface area contributed by atoms with E-state index in [2.05, 4.69) is 5.10 Å². The van der Waals surface area contributed by atoms with E-state index in [9.17, 15) is 21.2 Å². The molecule has 27 heavy (non-hydrogen) atoms. The molecule has 1 fully saturated rings. The smallest absolute Gasteiger partial charge is 0.246 e. The molecule has 0 spiro atoms. The predicted molar refractivity (Wildman–Crippen MR) is 98.0 cm³/mol. The Hall–Kier alpha value is -1.78. The van der Waals surface area contributed by atoms with E-state index >= 15 is 0 Å². The minimum atomic E-state index is -3.74. The molecule has 1 aliphatic heterocycles. The SMILES string of the molecule is Cc1nn(C)c(C)c1S(=O)(=O)N1CCC(S(=O)(=O)c2ccc(F)cc2)CC1. The van der Waals surface area contributed by atoms with Crippen molar-refractivity contribution in [3.63, 3.8) is 0 Å². The zero-order valence-electron chi connectivity index (χ0n) is 15.4. The Morgan fingerprint density at radius 1 is 1.04 bits per heavy atom. The zero-order valence-corrected chi connectivity index (χ0v) is 17.0. The molecule has 2 heterocycles. The van der Waals surface area contributed by atoms with Crippen LogP contribution in [0, 0.1) is 19.7 Å². The van der Waals surface area contributed by atoms with Gasteiger partial charge >= 0.3 is 0 Å². The second-order valence-corrected chi connectivity index (χ2v) is 10.8. The fourth-order valence-electron chi connectivity index (χ4n) is 3.46. The van der Waals surface area contributed by atoms with Gasteiger partial charge < -0.3 is 0 Å². The summed E-state index contributed by atoms with van der Waals surface area (Å²) in [6.07, 6.45) is 0.384. The summed E-state index contributed by atoms with van der Waals surface area (Å²) in [5.74, 6) is -0.503. The molecule has 1 aromatic carbocycles. The molecule has 1 aromatic heterocycles. The molecule has 0 radical (unpaired) electrons. The third-order valence-corrected chi connectivity index (χ3v) is 9.45. The minimum absolute atomic E-state index is 0.0594. The molecule has 7 nitrogen and oxygen atoms in total. The monoisotopic (exact) mass is 415 g/mol. The Morgan fingerprint density at radius 2 is 1.59 bits per heavy atom. The number of hydrogen-bond donors (Lipinski definition) is 0. The van der Waals surface area contributed by atoms with Gasteiger partial charge in [0.05, 0.1) is 21.5 Å². The molecule has 0 N–H and O–H groups in total. The lowest BCUT2D eigenvalue weighted by atomic mass is 10.2. The molecular formula is C17H22FN3O4S2. The summed E-state index contributed by atoms with van der Waals surface area (Å²) in [6, 6.07) is 4.72. The van der Waals surface area contributed by atoms with Gasteiger partial charge in [0.1, 0.15) is 10.7 Å². The highest BCUT2D eigenvalue weighted by atomic mass is 32.2. The fourth-order valence-corrected chi connectivity index (χ4v) is 7.06. The molecule has 0 atom stereocenters. The van der Waals surface area contributed by atoms with E-state index in [1.807, 2.05) is 0 Å². The Balaban J connectivity index is 1.80. The summed E-state index contributed by atoms with van der Waals surface area (Å²) in [5, 5.41) is 3.47. The molecule has 3 rings (SSSR count). The van der Waals surface area contributed by atoms with Gasteiger partial charge in [0.2, 0.25) is 10.0 Å². The zero-order chi connectivity index (χ0) is 20.0. The van der Waals surface area contributed by atoms with Gasteiger partial charge in [-0.15, -0.1) is 0 Å². The first-order valence-electron chi connectivity index (χ1n) is 8.55. The standard InChI is InChI=1S/C17H22FN3O4S2/c1-12-17(13(2)20(3)19-12)27(24,25)21-10-8-16(9-11-21)26(22,23)15-6-4-14(18)5-7-15/h4-7,16H,8-11H2,1-3H3. The maximum absolute atomic E-state index is 13.1. The van der Waals surface area contributed by atoms with Crippen molar-refractivity contribution in [2.45, 2.75) is 41.7 Å². The summed E-state index contributed by atoms with van der Waals surface area (Å²) >= 11 is 0. The highest BCUT2D eigenvalue weighted by molar-refractivity contribution is 7.92. The fraction of sp³-hybridized carbons (Fsp3) is 0.471. The molecule has 0 unspecified atom stereocenters. The highest BCUT2D eigenvalue weighted by Crippen LogP contribution is 2.29. The second kappa shape index (κ2) is 6.99. The third kappa shape index (κ3) is 3.53. The average Bonchev–Trinajstić information content (AvgIpc) is 2.88. The maximum Gasteiger partial charge on any atom is 0.246 e. The number of nitrogens with zero attached hydrogens (tertiary/aromatic N) is 3. The van der Waals surface area contributed by atoms with Crippen LogP contribution in [0.2, 0.25) is 0 Å². The number of sulfone groups is 1. The lowest BCUT2D eigenvalue weighted by Gasteiger charge is -2.31. The van der Waals surface area contributed by atoms with Crippen molar-refractivity contribution >= 4 is 19.9 Å². The van der Waals surface area contributed by atoms with Crippen LogP contribution in [-0.2, 0) is 26.9 Å². The van der Waals surface area contributed by atoms with Crippen molar-refractivity contribution < 1.29 is 21.2 Å².